The first-order chi connectivity index (χ1) is 6.58. The second-order valence-corrected chi connectivity index (χ2v) is 4.45. The van der Waals surface area contributed by atoms with Crippen molar-refractivity contribution in [3.05, 3.63) is 28.1 Å². The van der Waals surface area contributed by atoms with Crippen molar-refractivity contribution in [3.63, 3.8) is 0 Å². The van der Waals surface area contributed by atoms with Gasteiger partial charge in [0.2, 0.25) is 0 Å². The standard InChI is InChI=1S/C11H16BrNO/c1-8(2)13-7-9(3)6-10-4-5-11(12)14-10/h4-6,8,13H,7H2,1-3H3. The average molecular weight is 258 g/mol. The SMILES string of the molecule is CC(=Cc1ccc(Br)o1)CNC(C)C. The van der Waals surface area contributed by atoms with E-state index in [1.807, 2.05) is 18.2 Å². The van der Waals surface area contributed by atoms with Crippen LogP contribution in [-0.2, 0) is 0 Å². The molecule has 0 aliphatic heterocycles. The van der Waals surface area contributed by atoms with Gasteiger partial charge in [0.05, 0.1) is 0 Å². The second kappa shape index (κ2) is 5.37. The molecule has 0 saturated heterocycles. The van der Waals surface area contributed by atoms with Crippen molar-refractivity contribution in [1.29, 1.82) is 0 Å². The molecule has 0 amide bonds. The summed E-state index contributed by atoms with van der Waals surface area (Å²) in [6, 6.07) is 4.36. The molecule has 1 aromatic heterocycles. The first kappa shape index (κ1) is 11.5. The molecule has 0 unspecified atom stereocenters. The molecule has 0 aromatic carbocycles. The Morgan fingerprint density at radius 1 is 1.57 bits per heavy atom. The largest absolute Gasteiger partial charge is 0.450 e. The predicted molar refractivity (Wildman–Crippen MR) is 63.2 cm³/mol. The highest BCUT2D eigenvalue weighted by molar-refractivity contribution is 9.10. The van der Waals surface area contributed by atoms with Gasteiger partial charge in [-0.3, -0.25) is 0 Å². The lowest BCUT2D eigenvalue weighted by Gasteiger charge is -2.07. The molecule has 1 rings (SSSR count). The summed E-state index contributed by atoms with van der Waals surface area (Å²) in [6.07, 6.45) is 2.04. The van der Waals surface area contributed by atoms with E-state index in [2.05, 4.69) is 42.0 Å². The molecule has 0 atom stereocenters. The van der Waals surface area contributed by atoms with E-state index < -0.39 is 0 Å². The highest BCUT2D eigenvalue weighted by Crippen LogP contribution is 2.16. The molecule has 78 valence electrons. The Bertz CT molecular complexity index is 315. The minimum absolute atomic E-state index is 0.515. The molecule has 0 bridgehead atoms. The fourth-order valence-corrected chi connectivity index (χ4v) is 1.38. The van der Waals surface area contributed by atoms with Crippen molar-refractivity contribution in [1.82, 2.24) is 5.32 Å². The van der Waals surface area contributed by atoms with Crippen molar-refractivity contribution in [3.8, 4) is 0 Å². The Morgan fingerprint density at radius 3 is 2.79 bits per heavy atom. The maximum atomic E-state index is 5.37. The molecule has 2 nitrogen and oxygen atoms in total. The molecule has 1 aromatic rings. The molecule has 0 aliphatic carbocycles. The van der Waals surface area contributed by atoms with Crippen molar-refractivity contribution < 1.29 is 4.42 Å². The fraction of sp³-hybridized carbons (Fsp3) is 0.455. The van der Waals surface area contributed by atoms with Gasteiger partial charge in [-0.2, -0.15) is 0 Å². The van der Waals surface area contributed by atoms with Crippen LogP contribution >= 0.6 is 15.9 Å². The first-order valence-electron chi connectivity index (χ1n) is 4.74. The molecule has 1 N–H and O–H groups in total. The van der Waals surface area contributed by atoms with Crippen molar-refractivity contribution >= 4 is 22.0 Å². The van der Waals surface area contributed by atoms with Gasteiger partial charge in [0.25, 0.3) is 0 Å². The Kier molecular flexibility index (Phi) is 4.42. The summed E-state index contributed by atoms with van der Waals surface area (Å²) in [4.78, 5) is 0. The van der Waals surface area contributed by atoms with Gasteiger partial charge < -0.3 is 9.73 Å². The van der Waals surface area contributed by atoms with Gasteiger partial charge in [0.15, 0.2) is 4.67 Å². The minimum Gasteiger partial charge on any atom is -0.450 e. The van der Waals surface area contributed by atoms with Gasteiger partial charge in [0.1, 0.15) is 5.76 Å². The van der Waals surface area contributed by atoms with E-state index >= 15 is 0 Å². The van der Waals surface area contributed by atoms with Crippen LogP contribution in [0.15, 0.2) is 26.8 Å². The van der Waals surface area contributed by atoms with Gasteiger partial charge in [-0.1, -0.05) is 19.4 Å². The maximum absolute atomic E-state index is 5.37. The van der Waals surface area contributed by atoms with Crippen LogP contribution in [0.1, 0.15) is 26.5 Å². The van der Waals surface area contributed by atoms with E-state index in [9.17, 15) is 0 Å². The van der Waals surface area contributed by atoms with E-state index in [4.69, 9.17) is 4.42 Å². The Labute approximate surface area is 93.5 Å². The van der Waals surface area contributed by atoms with Crippen molar-refractivity contribution in [2.45, 2.75) is 26.8 Å². The number of nitrogens with one attached hydrogen (secondary N) is 1. The molecule has 0 fully saturated rings. The molecule has 3 heteroatoms. The summed E-state index contributed by atoms with van der Waals surface area (Å²) >= 11 is 3.27. The first-order valence-corrected chi connectivity index (χ1v) is 5.53. The molecule has 0 radical (unpaired) electrons. The normalized spacial score (nSPS) is 12.5. The summed E-state index contributed by atoms with van der Waals surface area (Å²) < 4.78 is 6.15. The lowest BCUT2D eigenvalue weighted by atomic mass is 10.2. The summed E-state index contributed by atoms with van der Waals surface area (Å²) in [6.45, 7) is 7.26. The zero-order valence-corrected chi connectivity index (χ0v) is 10.4. The summed E-state index contributed by atoms with van der Waals surface area (Å²) in [5.41, 5.74) is 1.26. The minimum atomic E-state index is 0.515. The third-order valence-electron chi connectivity index (χ3n) is 1.77. The van der Waals surface area contributed by atoms with Crippen LogP contribution in [0, 0.1) is 0 Å². The van der Waals surface area contributed by atoms with Crippen LogP contribution < -0.4 is 5.32 Å². The number of furan rings is 1. The third kappa shape index (κ3) is 4.11. The van der Waals surface area contributed by atoms with Gasteiger partial charge in [-0.05, 0) is 41.1 Å². The number of hydrogen-bond acceptors (Lipinski definition) is 2. The molecule has 0 aliphatic rings. The topological polar surface area (TPSA) is 25.2 Å². The van der Waals surface area contributed by atoms with Crippen LogP contribution in [0.3, 0.4) is 0 Å². The van der Waals surface area contributed by atoms with Crippen LogP contribution in [0.4, 0.5) is 0 Å². The van der Waals surface area contributed by atoms with E-state index in [0.29, 0.717) is 6.04 Å². The lowest BCUT2D eigenvalue weighted by Crippen LogP contribution is -2.24. The Morgan fingerprint density at radius 2 is 2.29 bits per heavy atom. The number of rotatable bonds is 4. The van der Waals surface area contributed by atoms with Crippen LogP contribution in [0.5, 0.6) is 0 Å². The van der Waals surface area contributed by atoms with E-state index in [1.165, 1.54) is 5.57 Å². The van der Waals surface area contributed by atoms with Crippen LogP contribution in [-0.4, -0.2) is 12.6 Å². The van der Waals surface area contributed by atoms with Gasteiger partial charge in [-0.15, -0.1) is 0 Å². The van der Waals surface area contributed by atoms with Crippen molar-refractivity contribution in [2.24, 2.45) is 0 Å². The summed E-state index contributed by atoms with van der Waals surface area (Å²) in [5.74, 6) is 0.889. The van der Waals surface area contributed by atoms with Gasteiger partial charge in [-0.25, -0.2) is 0 Å². The fourth-order valence-electron chi connectivity index (χ4n) is 1.06. The van der Waals surface area contributed by atoms with Crippen LogP contribution in [0.2, 0.25) is 0 Å². The highest BCUT2D eigenvalue weighted by atomic mass is 79.9. The molecule has 1 heterocycles. The Balaban J connectivity index is 2.51. The molecule has 0 saturated carbocycles. The van der Waals surface area contributed by atoms with E-state index in [0.717, 1.165) is 17.0 Å². The lowest BCUT2D eigenvalue weighted by molar-refractivity contribution is 0.530. The Hall–Kier alpha value is -0.540. The van der Waals surface area contributed by atoms with Gasteiger partial charge in [0, 0.05) is 12.6 Å². The molecular formula is C11H16BrNO. The maximum Gasteiger partial charge on any atom is 0.169 e. The monoisotopic (exact) mass is 257 g/mol. The zero-order valence-electron chi connectivity index (χ0n) is 8.80. The molecule has 0 spiro atoms. The van der Waals surface area contributed by atoms with Crippen LogP contribution in [0.25, 0.3) is 6.08 Å². The quantitative estimate of drug-likeness (QED) is 0.894. The third-order valence-corrected chi connectivity index (χ3v) is 2.20. The highest BCUT2D eigenvalue weighted by Gasteiger charge is 1.97. The van der Waals surface area contributed by atoms with E-state index in [1.54, 1.807) is 0 Å². The van der Waals surface area contributed by atoms with Crippen molar-refractivity contribution in [2.75, 3.05) is 6.54 Å². The predicted octanol–water partition coefficient (Wildman–Crippen LogP) is 3.44. The number of hydrogen-bond donors (Lipinski definition) is 1. The summed E-state index contributed by atoms with van der Waals surface area (Å²) in [5, 5.41) is 3.35. The summed E-state index contributed by atoms with van der Waals surface area (Å²) in [7, 11) is 0. The number of halogens is 1. The average Bonchev–Trinajstić information content (AvgIpc) is 2.48. The van der Waals surface area contributed by atoms with Gasteiger partial charge >= 0.3 is 0 Å². The second-order valence-electron chi connectivity index (χ2n) is 3.67. The van der Waals surface area contributed by atoms with E-state index in [-0.39, 0.29) is 0 Å². The molecule has 14 heavy (non-hydrogen) atoms. The smallest absolute Gasteiger partial charge is 0.169 e. The zero-order chi connectivity index (χ0) is 10.6. The molecular weight excluding hydrogens is 242 g/mol.